The molecule has 0 spiro atoms. The van der Waals surface area contributed by atoms with E-state index in [1.807, 2.05) is 47.4 Å². The number of likely N-dealkylation sites (tertiary alicyclic amines) is 1. The van der Waals surface area contributed by atoms with Crippen LogP contribution in [-0.4, -0.2) is 47.7 Å². The van der Waals surface area contributed by atoms with Crippen molar-refractivity contribution in [1.29, 1.82) is 0 Å². The zero-order valence-electron chi connectivity index (χ0n) is 14.9. The van der Waals surface area contributed by atoms with Crippen LogP contribution in [-0.2, 0) is 0 Å². The normalized spacial score (nSPS) is 16.8. The summed E-state index contributed by atoms with van der Waals surface area (Å²) in [7, 11) is 3.32. The molecule has 3 heterocycles. The molecule has 0 radical (unpaired) electrons. The first-order chi connectivity index (χ1) is 12.7. The number of fused-ring (bicyclic) bond motifs is 1. The molecule has 1 fully saturated rings. The van der Waals surface area contributed by atoms with Crippen molar-refractivity contribution in [2.24, 2.45) is 0 Å². The first kappa shape index (κ1) is 16.4. The summed E-state index contributed by atoms with van der Waals surface area (Å²) in [6.45, 7) is 1.36. The molecule has 1 unspecified atom stereocenters. The number of amides is 1. The van der Waals surface area contributed by atoms with Crippen LogP contribution in [0, 0.1) is 0 Å². The lowest BCUT2D eigenvalue weighted by Gasteiger charge is -2.19. The Morgan fingerprint density at radius 1 is 1.15 bits per heavy atom. The molecule has 2 aromatic heterocycles. The van der Waals surface area contributed by atoms with Crippen LogP contribution in [0.3, 0.4) is 0 Å². The number of benzene rings is 1. The molecule has 1 atom stereocenters. The number of pyridine rings is 1. The lowest BCUT2D eigenvalue weighted by molar-refractivity contribution is 0.0782. The van der Waals surface area contributed by atoms with Crippen molar-refractivity contribution < 1.29 is 14.3 Å². The van der Waals surface area contributed by atoms with E-state index >= 15 is 0 Å². The van der Waals surface area contributed by atoms with Crippen molar-refractivity contribution in [3.05, 3.63) is 59.9 Å². The molecule has 0 N–H and O–H groups in total. The minimum absolute atomic E-state index is 0.00339. The molecule has 1 aromatic carbocycles. The summed E-state index contributed by atoms with van der Waals surface area (Å²) in [5.41, 5.74) is 2.59. The van der Waals surface area contributed by atoms with Gasteiger partial charge >= 0.3 is 0 Å². The fraction of sp³-hybridized carbons (Fsp3) is 0.300. The zero-order valence-corrected chi connectivity index (χ0v) is 14.9. The number of nitrogens with zero attached hydrogens (tertiary/aromatic N) is 3. The molecule has 1 aliphatic heterocycles. The number of rotatable bonds is 4. The second-order valence-corrected chi connectivity index (χ2v) is 6.42. The van der Waals surface area contributed by atoms with Gasteiger partial charge in [0.1, 0.15) is 17.2 Å². The smallest absolute Gasteiger partial charge is 0.272 e. The van der Waals surface area contributed by atoms with E-state index in [0.29, 0.717) is 18.8 Å². The minimum atomic E-state index is 0.00339. The quantitative estimate of drug-likeness (QED) is 0.725. The van der Waals surface area contributed by atoms with E-state index in [0.717, 1.165) is 29.0 Å². The fourth-order valence-electron chi connectivity index (χ4n) is 3.63. The maximum atomic E-state index is 13.0. The second kappa shape index (κ2) is 6.71. The number of ether oxygens (including phenoxy) is 2. The van der Waals surface area contributed by atoms with Gasteiger partial charge in [0.05, 0.1) is 25.9 Å². The number of carbonyl (C=O) groups is 1. The summed E-state index contributed by atoms with van der Waals surface area (Å²) in [5, 5.41) is 4.27. The molecular formula is C20H21N3O3. The SMILES string of the molecule is COc1ccc(OC)c(C2CCN(C(=O)c3cccc4ccnn34)C2)c1. The van der Waals surface area contributed by atoms with Crippen molar-refractivity contribution >= 4 is 11.4 Å². The van der Waals surface area contributed by atoms with E-state index in [2.05, 4.69) is 5.10 Å². The summed E-state index contributed by atoms with van der Waals surface area (Å²) in [4.78, 5) is 14.9. The summed E-state index contributed by atoms with van der Waals surface area (Å²) in [5.74, 6) is 1.86. The van der Waals surface area contributed by atoms with Gasteiger partial charge in [0.15, 0.2) is 0 Å². The molecule has 1 aliphatic rings. The van der Waals surface area contributed by atoms with Gasteiger partial charge < -0.3 is 14.4 Å². The van der Waals surface area contributed by atoms with Crippen molar-refractivity contribution in [2.75, 3.05) is 27.3 Å². The van der Waals surface area contributed by atoms with E-state index in [1.54, 1.807) is 24.9 Å². The number of hydrogen-bond acceptors (Lipinski definition) is 4. The van der Waals surface area contributed by atoms with Crippen LogP contribution >= 0.6 is 0 Å². The van der Waals surface area contributed by atoms with Crippen LogP contribution in [0.15, 0.2) is 48.7 Å². The highest BCUT2D eigenvalue weighted by molar-refractivity contribution is 5.93. The first-order valence-electron chi connectivity index (χ1n) is 8.65. The van der Waals surface area contributed by atoms with Crippen LogP contribution in [0.4, 0.5) is 0 Å². The molecule has 6 heteroatoms. The Morgan fingerprint density at radius 2 is 2.04 bits per heavy atom. The third-order valence-electron chi connectivity index (χ3n) is 4.99. The summed E-state index contributed by atoms with van der Waals surface area (Å²) in [6.07, 6.45) is 2.60. The van der Waals surface area contributed by atoms with E-state index in [1.165, 1.54) is 0 Å². The molecule has 1 amide bonds. The fourth-order valence-corrected chi connectivity index (χ4v) is 3.63. The molecule has 0 aliphatic carbocycles. The van der Waals surface area contributed by atoms with Crippen molar-refractivity contribution in [3.8, 4) is 11.5 Å². The van der Waals surface area contributed by atoms with Crippen LogP contribution < -0.4 is 9.47 Å². The zero-order chi connectivity index (χ0) is 18.1. The lowest BCUT2D eigenvalue weighted by Crippen LogP contribution is -2.30. The number of hydrogen-bond donors (Lipinski definition) is 0. The van der Waals surface area contributed by atoms with Crippen LogP contribution in [0.25, 0.3) is 5.52 Å². The van der Waals surface area contributed by atoms with Gasteiger partial charge in [-0.3, -0.25) is 4.79 Å². The molecule has 0 saturated carbocycles. The number of methoxy groups -OCH3 is 2. The van der Waals surface area contributed by atoms with Gasteiger partial charge in [-0.2, -0.15) is 5.10 Å². The Kier molecular flexibility index (Phi) is 4.24. The third-order valence-corrected chi connectivity index (χ3v) is 4.99. The lowest BCUT2D eigenvalue weighted by atomic mass is 9.97. The molecular weight excluding hydrogens is 330 g/mol. The highest BCUT2D eigenvalue weighted by Crippen LogP contribution is 2.36. The van der Waals surface area contributed by atoms with Gasteiger partial charge in [0, 0.05) is 24.6 Å². The molecule has 4 rings (SSSR count). The summed E-state index contributed by atoms with van der Waals surface area (Å²) < 4.78 is 12.6. The predicted octanol–water partition coefficient (Wildman–Crippen LogP) is 2.98. The maximum Gasteiger partial charge on any atom is 0.272 e. The van der Waals surface area contributed by atoms with Gasteiger partial charge in [0.25, 0.3) is 5.91 Å². The molecule has 6 nitrogen and oxygen atoms in total. The van der Waals surface area contributed by atoms with E-state index in [9.17, 15) is 4.79 Å². The average molecular weight is 351 g/mol. The van der Waals surface area contributed by atoms with Gasteiger partial charge in [-0.05, 0) is 42.8 Å². The van der Waals surface area contributed by atoms with Gasteiger partial charge in [0.2, 0.25) is 0 Å². The summed E-state index contributed by atoms with van der Waals surface area (Å²) >= 11 is 0. The van der Waals surface area contributed by atoms with Crippen LogP contribution in [0.1, 0.15) is 28.4 Å². The van der Waals surface area contributed by atoms with Gasteiger partial charge in [-0.1, -0.05) is 6.07 Å². The van der Waals surface area contributed by atoms with Crippen molar-refractivity contribution in [2.45, 2.75) is 12.3 Å². The van der Waals surface area contributed by atoms with Gasteiger partial charge in [-0.25, -0.2) is 4.52 Å². The van der Waals surface area contributed by atoms with E-state index in [4.69, 9.17) is 9.47 Å². The highest BCUT2D eigenvalue weighted by Gasteiger charge is 2.31. The Bertz CT molecular complexity index is 950. The van der Waals surface area contributed by atoms with Crippen molar-refractivity contribution in [3.63, 3.8) is 0 Å². The topological polar surface area (TPSA) is 56.1 Å². The maximum absolute atomic E-state index is 13.0. The molecule has 134 valence electrons. The Hall–Kier alpha value is -3.02. The molecule has 26 heavy (non-hydrogen) atoms. The number of carbonyl (C=O) groups excluding carboxylic acids is 1. The molecule has 0 bridgehead atoms. The summed E-state index contributed by atoms with van der Waals surface area (Å²) in [6, 6.07) is 13.4. The van der Waals surface area contributed by atoms with Crippen LogP contribution in [0.2, 0.25) is 0 Å². The number of aromatic nitrogens is 2. The average Bonchev–Trinajstić information content (AvgIpc) is 3.36. The minimum Gasteiger partial charge on any atom is -0.497 e. The monoisotopic (exact) mass is 351 g/mol. The third kappa shape index (κ3) is 2.77. The van der Waals surface area contributed by atoms with Gasteiger partial charge in [-0.15, -0.1) is 0 Å². The predicted molar refractivity (Wildman–Crippen MR) is 98.0 cm³/mol. The standard InChI is InChI=1S/C20H21N3O3/c1-25-16-6-7-19(26-2)17(12-16)14-9-11-22(13-14)20(24)18-5-3-4-15-8-10-21-23(15)18/h3-8,10,12,14H,9,11,13H2,1-2H3. The second-order valence-electron chi connectivity index (χ2n) is 6.42. The van der Waals surface area contributed by atoms with E-state index in [-0.39, 0.29) is 11.8 Å². The Balaban J connectivity index is 1.59. The first-order valence-corrected chi connectivity index (χ1v) is 8.65. The largest absolute Gasteiger partial charge is 0.497 e. The highest BCUT2D eigenvalue weighted by atomic mass is 16.5. The van der Waals surface area contributed by atoms with Crippen molar-refractivity contribution in [1.82, 2.24) is 14.5 Å². The van der Waals surface area contributed by atoms with E-state index < -0.39 is 0 Å². The van der Waals surface area contributed by atoms with Crippen LogP contribution in [0.5, 0.6) is 11.5 Å². The molecule has 1 saturated heterocycles. The molecule has 3 aromatic rings. The Labute approximate surface area is 151 Å². The Morgan fingerprint density at radius 3 is 2.85 bits per heavy atom.